The Balaban J connectivity index is 1.66. The molecule has 0 radical (unpaired) electrons. The summed E-state index contributed by atoms with van der Waals surface area (Å²) in [4.78, 5) is 47.6. The highest BCUT2D eigenvalue weighted by atomic mass is 16.6. The van der Waals surface area contributed by atoms with Crippen LogP contribution in [0, 0.1) is 10.1 Å². The van der Waals surface area contributed by atoms with Gasteiger partial charge in [-0.3, -0.25) is 25.1 Å². The second kappa shape index (κ2) is 9.97. The van der Waals surface area contributed by atoms with Gasteiger partial charge in [0.2, 0.25) is 5.75 Å². The third-order valence-corrected chi connectivity index (χ3v) is 5.25. The number of nitro benzene ring substituents is 1. The van der Waals surface area contributed by atoms with E-state index in [-0.39, 0.29) is 34.8 Å². The number of ether oxygens (including phenoxy) is 2. The molecule has 11 heteroatoms. The topological polar surface area (TPSA) is 148 Å². The van der Waals surface area contributed by atoms with Crippen LogP contribution in [-0.2, 0) is 16.2 Å². The number of nitrogens with one attached hydrogen (secondary N) is 1. The Morgan fingerprint density at radius 1 is 1.11 bits per heavy atom. The molecular weight excluding hydrogens is 470 g/mol. The summed E-state index contributed by atoms with van der Waals surface area (Å²) in [6, 6.07) is 17.0. The Morgan fingerprint density at radius 3 is 2.53 bits per heavy atom. The number of para-hydroxylation sites is 1. The number of nitrogens with zero attached hydrogens (tertiary/aromatic N) is 2. The van der Waals surface area contributed by atoms with E-state index in [4.69, 9.17) is 14.6 Å². The van der Waals surface area contributed by atoms with Crippen LogP contribution in [0.3, 0.4) is 0 Å². The van der Waals surface area contributed by atoms with Crippen LogP contribution in [0.5, 0.6) is 11.5 Å². The highest BCUT2D eigenvalue weighted by Crippen LogP contribution is 2.39. The molecule has 0 aromatic heterocycles. The summed E-state index contributed by atoms with van der Waals surface area (Å²) < 4.78 is 10.9. The van der Waals surface area contributed by atoms with Crippen LogP contribution in [0.2, 0.25) is 0 Å². The van der Waals surface area contributed by atoms with Crippen molar-refractivity contribution in [2.24, 2.45) is 0 Å². The van der Waals surface area contributed by atoms with Crippen LogP contribution in [0.15, 0.2) is 72.3 Å². The van der Waals surface area contributed by atoms with E-state index in [1.807, 2.05) is 0 Å². The largest absolute Gasteiger partial charge is 0.493 e. The minimum Gasteiger partial charge on any atom is -0.493 e. The lowest BCUT2D eigenvalue weighted by molar-refractivity contribution is -0.386. The van der Waals surface area contributed by atoms with E-state index >= 15 is 0 Å². The van der Waals surface area contributed by atoms with Crippen LogP contribution in [0.25, 0.3) is 6.08 Å². The Morgan fingerprint density at radius 2 is 1.86 bits per heavy atom. The summed E-state index contributed by atoms with van der Waals surface area (Å²) in [5.41, 5.74) is 2.95. The fourth-order valence-corrected chi connectivity index (χ4v) is 3.56. The first-order valence-corrected chi connectivity index (χ1v) is 10.5. The zero-order valence-electron chi connectivity index (χ0n) is 18.8. The average molecular weight is 489 g/mol. The number of amides is 2. The molecule has 2 N–H and O–H groups in total. The van der Waals surface area contributed by atoms with Crippen LogP contribution < -0.4 is 19.9 Å². The quantitative estimate of drug-likeness (QED) is 0.212. The van der Waals surface area contributed by atoms with Gasteiger partial charge in [-0.05, 0) is 47.5 Å². The third-order valence-electron chi connectivity index (χ3n) is 5.25. The van der Waals surface area contributed by atoms with E-state index in [1.54, 1.807) is 36.4 Å². The average Bonchev–Trinajstić information content (AvgIpc) is 3.16. The Labute approximate surface area is 204 Å². The fourth-order valence-electron chi connectivity index (χ4n) is 3.56. The highest BCUT2D eigenvalue weighted by Gasteiger charge is 2.34. The Hall–Kier alpha value is -5.19. The standard InChI is InChI=1S/C25H19N3O8/c1-35-21-13-16(11-19-23(29)26-27(24(19)30)18-8-3-2-4-9-18)12-20(28(33)34)22(21)36-14-15-6-5-7-17(10-15)25(31)32/h2-13H,14H2,1H3,(H,26,29)(H,31,32)/b19-11-. The number of carboxylic acid groups (broad SMARTS) is 1. The lowest BCUT2D eigenvalue weighted by Crippen LogP contribution is -2.35. The van der Waals surface area contributed by atoms with E-state index in [0.717, 1.165) is 11.1 Å². The summed E-state index contributed by atoms with van der Waals surface area (Å²) >= 11 is 0. The summed E-state index contributed by atoms with van der Waals surface area (Å²) in [6.45, 7) is -0.161. The van der Waals surface area contributed by atoms with Gasteiger partial charge in [0.1, 0.15) is 12.2 Å². The van der Waals surface area contributed by atoms with Crippen LogP contribution >= 0.6 is 0 Å². The second-order valence-corrected chi connectivity index (χ2v) is 7.60. The Bertz CT molecular complexity index is 1400. The number of rotatable bonds is 8. The van der Waals surface area contributed by atoms with Crippen molar-refractivity contribution in [3.63, 3.8) is 0 Å². The van der Waals surface area contributed by atoms with Gasteiger partial charge in [0.25, 0.3) is 11.8 Å². The summed E-state index contributed by atoms with van der Waals surface area (Å²) in [5.74, 6) is -2.58. The van der Waals surface area contributed by atoms with Gasteiger partial charge in [-0.2, -0.15) is 0 Å². The molecule has 182 valence electrons. The van der Waals surface area contributed by atoms with Crippen molar-refractivity contribution in [1.29, 1.82) is 0 Å². The zero-order chi connectivity index (χ0) is 25.8. The van der Waals surface area contributed by atoms with Gasteiger partial charge in [0.15, 0.2) is 5.75 Å². The van der Waals surface area contributed by atoms with E-state index in [9.17, 15) is 24.5 Å². The number of hydrogen-bond donors (Lipinski definition) is 2. The summed E-state index contributed by atoms with van der Waals surface area (Å²) in [6.07, 6.45) is 1.23. The van der Waals surface area contributed by atoms with E-state index < -0.39 is 28.4 Å². The van der Waals surface area contributed by atoms with Crippen molar-refractivity contribution in [2.45, 2.75) is 6.61 Å². The minimum absolute atomic E-state index is 0.00351. The first-order valence-electron chi connectivity index (χ1n) is 10.5. The SMILES string of the molecule is COc1cc(/C=C2/C(=O)NN(c3ccccc3)C2=O)cc([N+](=O)[O-])c1OCc1cccc(C(=O)O)c1. The van der Waals surface area contributed by atoms with Gasteiger partial charge >= 0.3 is 11.7 Å². The molecule has 1 heterocycles. The van der Waals surface area contributed by atoms with Crippen molar-refractivity contribution >= 4 is 35.2 Å². The molecule has 2 amide bonds. The molecule has 3 aromatic carbocycles. The molecule has 1 aliphatic heterocycles. The molecule has 0 spiro atoms. The predicted molar refractivity (Wildman–Crippen MR) is 127 cm³/mol. The lowest BCUT2D eigenvalue weighted by Gasteiger charge is -2.14. The van der Waals surface area contributed by atoms with Gasteiger partial charge in [0, 0.05) is 6.07 Å². The molecule has 1 fully saturated rings. The maximum atomic E-state index is 12.8. The highest BCUT2D eigenvalue weighted by molar-refractivity contribution is 6.31. The number of carbonyl (C=O) groups excluding carboxylic acids is 2. The molecule has 4 rings (SSSR count). The smallest absolute Gasteiger partial charge is 0.335 e. The maximum Gasteiger partial charge on any atom is 0.335 e. The molecule has 0 saturated carbocycles. The molecule has 0 bridgehead atoms. The minimum atomic E-state index is -1.12. The van der Waals surface area contributed by atoms with Gasteiger partial charge < -0.3 is 14.6 Å². The molecule has 1 saturated heterocycles. The molecule has 36 heavy (non-hydrogen) atoms. The summed E-state index contributed by atoms with van der Waals surface area (Å²) in [5, 5.41) is 22.1. The monoisotopic (exact) mass is 489 g/mol. The number of anilines is 1. The second-order valence-electron chi connectivity index (χ2n) is 7.60. The fraction of sp³-hybridized carbons (Fsp3) is 0.0800. The van der Waals surface area contributed by atoms with Crippen molar-refractivity contribution in [3.05, 3.63) is 99.1 Å². The number of methoxy groups -OCH3 is 1. The van der Waals surface area contributed by atoms with Gasteiger partial charge in [-0.15, -0.1) is 0 Å². The molecule has 11 nitrogen and oxygen atoms in total. The van der Waals surface area contributed by atoms with Crippen LogP contribution in [0.1, 0.15) is 21.5 Å². The maximum absolute atomic E-state index is 12.8. The number of hydrogen-bond acceptors (Lipinski definition) is 7. The number of carbonyl (C=O) groups is 3. The first kappa shape index (κ1) is 24.0. The van der Waals surface area contributed by atoms with Gasteiger partial charge in [-0.25, -0.2) is 9.80 Å². The van der Waals surface area contributed by atoms with Crippen LogP contribution in [0.4, 0.5) is 11.4 Å². The van der Waals surface area contributed by atoms with E-state index in [0.29, 0.717) is 11.3 Å². The van der Waals surface area contributed by atoms with E-state index in [2.05, 4.69) is 5.43 Å². The number of benzene rings is 3. The number of carboxylic acids is 1. The molecule has 3 aromatic rings. The lowest BCUT2D eigenvalue weighted by atomic mass is 10.1. The van der Waals surface area contributed by atoms with Crippen molar-refractivity contribution < 1.29 is 33.9 Å². The number of hydrazine groups is 1. The first-order chi connectivity index (χ1) is 17.3. The number of aromatic carboxylic acids is 1. The summed E-state index contributed by atoms with van der Waals surface area (Å²) in [7, 11) is 1.29. The predicted octanol–water partition coefficient (Wildman–Crippen LogP) is 3.34. The molecule has 0 aliphatic carbocycles. The number of nitro groups is 1. The third kappa shape index (κ3) is 4.85. The van der Waals surface area contributed by atoms with Gasteiger partial charge in [-0.1, -0.05) is 30.3 Å². The zero-order valence-corrected chi connectivity index (χ0v) is 18.8. The van der Waals surface area contributed by atoms with Crippen LogP contribution in [-0.4, -0.2) is 34.9 Å². The van der Waals surface area contributed by atoms with Crippen molar-refractivity contribution in [1.82, 2.24) is 5.43 Å². The molecular formula is C25H19N3O8. The molecule has 0 unspecified atom stereocenters. The molecule has 1 aliphatic rings. The van der Waals surface area contributed by atoms with Crippen molar-refractivity contribution in [3.8, 4) is 11.5 Å². The normalized spacial score (nSPS) is 14.0. The van der Waals surface area contributed by atoms with Gasteiger partial charge in [0.05, 0.1) is 23.3 Å². The molecule has 0 atom stereocenters. The van der Waals surface area contributed by atoms with Crippen molar-refractivity contribution in [2.75, 3.05) is 12.1 Å². The Kier molecular flexibility index (Phi) is 6.63. The van der Waals surface area contributed by atoms with E-state index in [1.165, 1.54) is 37.5 Å².